The average Bonchev–Trinajstić information content (AvgIpc) is 2.26. The van der Waals surface area contributed by atoms with Crippen LogP contribution >= 0.6 is 0 Å². The summed E-state index contributed by atoms with van der Waals surface area (Å²) < 4.78 is 0. The fraction of sp³-hybridized carbons (Fsp3) is 0.429. The van der Waals surface area contributed by atoms with Gasteiger partial charge in [0.05, 0.1) is 6.54 Å². The molecule has 0 radical (unpaired) electrons. The number of nitrogens with zero attached hydrogens (tertiary/aromatic N) is 1. The number of carbonyl (C=O) groups is 2. The summed E-state index contributed by atoms with van der Waals surface area (Å²) >= 11 is 0. The van der Waals surface area contributed by atoms with Gasteiger partial charge in [-0.25, -0.2) is 4.79 Å². The van der Waals surface area contributed by atoms with Crippen molar-refractivity contribution < 1.29 is 14.7 Å². The van der Waals surface area contributed by atoms with Gasteiger partial charge >= 0.3 is 5.97 Å². The summed E-state index contributed by atoms with van der Waals surface area (Å²) in [5.41, 5.74) is 4.26. The number of nitrogens with one attached hydrogen (secondary N) is 1. The van der Waals surface area contributed by atoms with Crippen molar-refractivity contribution in [2.75, 3.05) is 18.0 Å². The summed E-state index contributed by atoms with van der Waals surface area (Å²) in [5, 5.41) is 11.5. The molecule has 1 fully saturated rings. The first-order valence-corrected chi connectivity index (χ1v) is 6.23. The van der Waals surface area contributed by atoms with E-state index in [9.17, 15) is 9.59 Å². The zero-order chi connectivity index (χ0) is 14.2. The highest BCUT2D eigenvalue weighted by Gasteiger charge is 2.30. The number of carboxylic acids is 1. The molecule has 2 N–H and O–H groups in total. The van der Waals surface area contributed by atoms with Crippen molar-refractivity contribution >= 4 is 17.6 Å². The van der Waals surface area contributed by atoms with Crippen LogP contribution in [0.5, 0.6) is 0 Å². The second-order valence-corrected chi connectivity index (χ2v) is 5.09. The van der Waals surface area contributed by atoms with Gasteiger partial charge in [0.15, 0.2) is 0 Å². The quantitative estimate of drug-likeness (QED) is 0.834. The maximum atomic E-state index is 11.6. The molecule has 1 aliphatic rings. The Morgan fingerprint density at radius 1 is 1.32 bits per heavy atom. The Morgan fingerprint density at radius 2 is 1.89 bits per heavy atom. The number of aliphatic carboxylic acids is 1. The second kappa shape index (κ2) is 4.91. The van der Waals surface area contributed by atoms with E-state index >= 15 is 0 Å². The first-order chi connectivity index (χ1) is 8.88. The number of amides is 1. The van der Waals surface area contributed by atoms with Gasteiger partial charge in [-0.3, -0.25) is 4.79 Å². The first kappa shape index (κ1) is 13.4. The second-order valence-electron chi connectivity index (χ2n) is 5.09. The monoisotopic (exact) mass is 262 g/mol. The molecular formula is C14H18N2O3. The van der Waals surface area contributed by atoms with Crippen molar-refractivity contribution in [3.8, 4) is 0 Å². The Balaban J connectivity index is 2.36. The fourth-order valence-corrected chi connectivity index (χ4v) is 2.73. The smallest absolute Gasteiger partial charge is 0.328 e. The van der Waals surface area contributed by atoms with E-state index in [2.05, 4.69) is 5.32 Å². The van der Waals surface area contributed by atoms with Crippen LogP contribution in [0, 0.1) is 20.8 Å². The molecule has 19 heavy (non-hydrogen) atoms. The van der Waals surface area contributed by atoms with Gasteiger partial charge in [-0.1, -0.05) is 17.7 Å². The summed E-state index contributed by atoms with van der Waals surface area (Å²) in [6, 6.07) is 3.25. The Hall–Kier alpha value is -2.04. The number of rotatable bonds is 2. The highest BCUT2D eigenvalue weighted by Crippen LogP contribution is 2.27. The highest BCUT2D eigenvalue weighted by molar-refractivity contribution is 5.89. The molecule has 5 nitrogen and oxygen atoms in total. The van der Waals surface area contributed by atoms with E-state index in [4.69, 9.17) is 5.11 Å². The highest BCUT2D eigenvalue weighted by atomic mass is 16.4. The number of benzene rings is 1. The zero-order valence-corrected chi connectivity index (χ0v) is 11.4. The van der Waals surface area contributed by atoms with Crippen LogP contribution in [-0.4, -0.2) is 36.1 Å². The molecule has 5 heteroatoms. The third-order valence-corrected chi connectivity index (χ3v) is 3.32. The standard InChI is InChI=1S/C14H18N2O3/c1-8-4-9(2)13(10(3)5-8)16-6-11(14(18)19)15-12(17)7-16/h4-5,11H,6-7H2,1-3H3,(H,15,17)(H,18,19). The number of carboxylic acid groups (broad SMARTS) is 1. The third kappa shape index (κ3) is 2.70. The van der Waals surface area contributed by atoms with E-state index in [0.717, 1.165) is 22.4 Å². The van der Waals surface area contributed by atoms with Crippen LogP contribution in [0.15, 0.2) is 12.1 Å². The van der Waals surface area contributed by atoms with Crippen molar-refractivity contribution in [3.05, 3.63) is 28.8 Å². The van der Waals surface area contributed by atoms with Crippen molar-refractivity contribution in [2.24, 2.45) is 0 Å². The number of hydrogen-bond acceptors (Lipinski definition) is 3. The van der Waals surface area contributed by atoms with Crippen LogP contribution in [0.25, 0.3) is 0 Å². The van der Waals surface area contributed by atoms with Crippen LogP contribution in [0.2, 0.25) is 0 Å². The predicted octanol–water partition coefficient (Wildman–Crippen LogP) is 1.00. The van der Waals surface area contributed by atoms with Gasteiger partial charge in [0.2, 0.25) is 5.91 Å². The summed E-state index contributed by atoms with van der Waals surface area (Å²) in [4.78, 5) is 24.5. The minimum absolute atomic E-state index is 0.203. The molecule has 0 saturated carbocycles. The number of carbonyl (C=O) groups excluding carboxylic acids is 1. The van der Waals surface area contributed by atoms with E-state index in [-0.39, 0.29) is 12.5 Å². The van der Waals surface area contributed by atoms with Crippen LogP contribution in [0.1, 0.15) is 16.7 Å². The molecule has 0 spiro atoms. The van der Waals surface area contributed by atoms with Crippen molar-refractivity contribution in [2.45, 2.75) is 26.8 Å². The van der Waals surface area contributed by atoms with Gasteiger partial charge in [0.25, 0.3) is 0 Å². The van der Waals surface area contributed by atoms with Gasteiger partial charge in [0.1, 0.15) is 6.04 Å². The molecule has 1 aliphatic heterocycles. The molecule has 0 bridgehead atoms. The van der Waals surface area contributed by atoms with Crippen LogP contribution in [0.4, 0.5) is 5.69 Å². The van der Waals surface area contributed by atoms with E-state index in [1.165, 1.54) is 0 Å². The largest absolute Gasteiger partial charge is 0.480 e. The van der Waals surface area contributed by atoms with Crippen LogP contribution in [0.3, 0.4) is 0 Å². The fourth-order valence-electron chi connectivity index (χ4n) is 2.73. The topological polar surface area (TPSA) is 69.6 Å². The number of anilines is 1. The minimum Gasteiger partial charge on any atom is -0.480 e. The molecule has 0 aromatic heterocycles. The molecule has 1 aromatic rings. The molecular weight excluding hydrogens is 244 g/mol. The Morgan fingerprint density at radius 3 is 2.42 bits per heavy atom. The summed E-state index contributed by atoms with van der Waals surface area (Å²) in [6.07, 6.45) is 0. The van der Waals surface area contributed by atoms with Gasteiger partial charge in [0, 0.05) is 12.2 Å². The first-order valence-electron chi connectivity index (χ1n) is 6.23. The third-order valence-electron chi connectivity index (χ3n) is 3.32. The van der Waals surface area contributed by atoms with Crippen LogP contribution in [-0.2, 0) is 9.59 Å². The van der Waals surface area contributed by atoms with Crippen molar-refractivity contribution in [3.63, 3.8) is 0 Å². The van der Waals surface area contributed by atoms with Gasteiger partial charge in [-0.15, -0.1) is 0 Å². The Bertz CT molecular complexity index is 516. The molecule has 0 aliphatic carbocycles. The predicted molar refractivity (Wildman–Crippen MR) is 72.4 cm³/mol. The minimum atomic E-state index is -1.000. The molecule has 1 aromatic carbocycles. The van der Waals surface area contributed by atoms with Crippen LogP contribution < -0.4 is 10.2 Å². The lowest BCUT2D eigenvalue weighted by Gasteiger charge is -2.34. The molecule has 102 valence electrons. The zero-order valence-electron chi connectivity index (χ0n) is 11.4. The SMILES string of the molecule is Cc1cc(C)c(N2CC(=O)NC(C(=O)O)C2)c(C)c1. The van der Waals surface area contributed by atoms with E-state index in [1.807, 2.05) is 37.8 Å². The Labute approximate surface area is 112 Å². The maximum absolute atomic E-state index is 11.6. The Kier molecular flexibility index (Phi) is 3.46. The summed E-state index contributed by atoms with van der Waals surface area (Å²) in [5.74, 6) is -1.25. The van der Waals surface area contributed by atoms with Crippen molar-refractivity contribution in [1.29, 1.82) is 0 Å². The maximum Gasteiger partial charge on any atom is 0.328 e. The molecule has 1 unspecified atom stereocenters. The number of hydrogen-bond donors (Lipinski definition) is 2. The summed E-state index contributed by atoms with van der Waals surface area (Å²) in [6.45, 7) is 6.49. The lowest BCUT2D eigenvalue weighted by molar-refractivity contribution is -0.142. The van der Waals surface area contributed by atoms with E-state index in [0.29, 0.717) is 6.54 Å². The molecule has 1 atom stereocenters. The molecule has 2 rings (SSSR count). The normalized spacial score (nSPS) is 19.2. The number of piperazine rings is 1. The van der Waals surface area contributed by atoms with Gasteiger partial charge in [-0.2, -0.15) is 0 Å². The van der Waals surface area contributed by atoms with Gasteiger partial charge < -0.3 is 15.3 Å². The number of aryl methyl sites for hydroxylation is 3. The van der Waals surface area contributed by atoms with E-state index in [1.54, 1.807) is 0 Å². The van der Waals surface area contributed by atoms with E-state index < -0.39 is 12.0 Å². The molecule has 1 heterocycles. The summed E-state index contributed by atoms with van der Waals surface area (Å²) in [7, 11) is 0. The van der Waals surface area contributed by atoms with Gasteiger partial charge in [-0.05, 0) is 31.9 Å². The molecule has 1 saturated heterocycles. The van der Waals surface area contributed by atoms with Crippen molar-refractivity contribution in [1.82, 2.24) is 5.32 Å². The lowest BCUT2D eigenvalue weighted by atomic mass is 10.0. The average molecular weight is 262 g/mol. The lowest BCUT2D eigenvalue weighted by Crippen LogP contribution is -2.57. The molecule has 1 amide bonds.